The van der Waals surface area contributed by atoms with Crippen molar-refractivity contribution < 1.29 is 8.91 Å². The maximum Gasteiger partial charge on any atom is 0.187 e. The van der Waals surface area contributed by atoms with Gasteiger partial charge in [0.1, 0.15) is 5.82 Å². The van der Waals surface area contributed by atoms with E-state index >= 15 is 0 Å². The predicted molar refractivity (Wildman–Crippen MR) is 79.4 cm³/mol. The van der Waals surface area contributed by atoms with Crippen LogP contribution in [0.25, 0.3) is 21.8 Å². The molecule has 1 aromatic carbocycles. The van der Waals surface area contributed by atoms with Crippen LogP contribution in [0.1, 0.15) is 5.56 Å². The van der Waals surface area contributed by atoms with Gasteiger partial charge in [-0.25, -0.2) is 4.39 Å². The minimum atomic E-state index is -0.400. The molecule has 0 saturated carbocycles. The molecule has 3 aromatic rings. The van der Waals surface area contributed by atoms with E-state index in [1.165, 1.54) is 23.5 Å². The molecule has 3 nitrogen and oxygen atoms in total. The number of rotatable bonds is 2. The van der Waals surface area contributed by atoms with E-state index in [9.17, 15) is 4.39 Å². The summed E-state index contributed by atoms with van der Waals surface area (Å²) in [6.07, 6.45) is 0. The van der Waals surface area contributed by atoms with Crippen molar-refractivity contribution in [1.29, 1.82) is 0 Å². The van der Waals surface area contributed by atoms with Gasteiger partial charge in [-0.2, -0.15) is 0 Å². The summed E-state index contributed by atoms with van der Waals surface area (Å²) in [6, 6.07) is 6.13. The van der Waals surface area contributed by atoms with Crippen LogP contribution in [0.2, 0.25) is 5.02 Å². The van der Waals surface area contributed by atoms with E-state index in [1.54, 1.807) is 6.07 Å². The topological polar surface area (TPSA) is 52.0 Å². The van der Waals surface area contributed by atoms with Crippen LogP contribution in [-0.2, 0) is 0 Å². The molecule has 102 valence electrons. The Labute approximate surface area is 123 Å². The molecule has 0 saturated heterocycles. The van der Waals surface area contributed by atoms with Gasteiger partial charge in [-0.1, -0.05) is 16.8 Å². The molecule has 0 aliphatic heterocycles. The Morgan fingerprint density at radius 2 is 2.15 bits per heavy atom. The number of nitrogen functional groups attached to an aromatic ring is 1. The molecule has 0 amide bonds. The third kappa shape index (κ3) is 2.09. The number of nitrogens with zero attached hydrogens (tertiary/aromatic N) is 1. The van der Waals surface area contributed by atoms with Crippen molar-refractivity contribution in [3.63, 3.8) is 0 Å². The highest BCUT2D eigenvalue weighted by atomic mass is 35.5. The number of nitrogens with two attached hydrogens (primary N) is 1. The number of thiophene rings is 1. The molecule has 2 aromatic heterocycles. The predicted octanol–water partition coefficient (Wildman–Crippen LogP) is 4.75. The SMILES string of the molecule is Cc1ccsc1-c1onc(N)c1-c1ccc(F)cc1Cl. The Bertz CT molecular complexity index is 781. The van der Waals surface area contributed by atoms with E-state index in [1.807, 2.05) is 18.4 Å². The summed E-state index contributed by atoms with van der Waals surface area (Å²) in [7, 11) is 0. The Morgan fingerprint density at radius 3 is 2.80 bits per heavy atom. The van der Waals surface area contributed by atoms with Gasteiger partial charge in [0, 0.05) is 5.56 Å². The lowest BCUT2D eigenvalue weighted by molar-refractivity contribution is 0.437. The normalized spacial score (nSPS) is 10.9. The van der Waals surface area contributed by atoms with E-state index in [2.05, 4.69) is 5.16 Å². The van der Waals surface area contributed by atoms with Crippen molar-refractivity contribution in [1.82, 2.24) is 5.16 Å². The monoisotopic (exact) mass is 308 g/mol. The molecule has 0 atom stereocenters. The van der Waals surface area contributed by atoms with Gasteiger partial charge < -0.3 is 10.3 Å². The summed E-state index contributed by atoms with van der Waals surface area (Å²) in [5.74, 6) is 0.396. The Morgan fingerprint density at radius 1 is 1.35 bits per heavy atom. The molecule has 2 heterocycles. The Balaban J connectivity index is 2.24. The number of aromatic nitrogens is 1. The van der Waals surface area contributed by atoms with Crippen molar-refractivity contribution in [2.75, 3.05) is 5.73 Å². The largest absolute Gasteiger partial charge is 0.380 e. The van der Waals surface area contributed by atoms with Crippen molar-refractivity contribution in [3.8, 4) is 21.8 Å². The number of benzene rings is 1. The summed E-state index contributed by atoms with van der Waals surface area (Å²) in [4.78, 5) is 0.935. The maximum absolute atomic E-state index is 13.2. The molecule has 0 aliphatic rings. The molecular weight excluding hydrogens is 299 g/mol. The summed E-state index contributed by atoms with van der Waals surface area (Å²) in [5, 5.41) is 6.04. The first-order valence-corrected chi connectivity index (χ1v) is 7.08. The van der Waals surface area contributed by atoms with Crippen molar-refractivity contribution >= 4 is 28.8 Å². The van der Waals surface area contributed by atoms with Crippen LogP contribution in [0.3, 0.4) is 0 Å². The smallest absolute Gasteiger partial charge is 0.187 e. The molecule has 2 N–H and O–H groups in total. The van der Waals surface area contributed by atoms with Gasteiger partial charge in [0.15, 0.2) is 11.6 Å². The third-order valence-electron chi connectivity index (χ3n) is 2.99. The average molecular weight is 309 g/mol. The lowest BCUT2D eigenvalue weighted by atomic mass is 10.0. The number of hydrogen-bond acceptors (Lipinski definition) is 4. The molecule has 0 radical (unpaired) electrons. The second-order valence-electron chi connectivity index (χ2n) is 4.33. The van der Waals surface area contributed by atoms with E-state index in [0.717, 1.165) is 10.4 Å². The fourth-order valence-corrected chi connectivity index (χ4v) is 3.19. The van der Waals surface area contributed by atoms with E-state index in [0.29, 0.717) is 16.9 Å². The molecule has 0 fully saturated rings. The first kappa shape index (κ1) is 13.1. The van der Waals surface area contributed by atoms with Crippen molar-refractivity contribution in [3.05, 3.63) is 46.0 Å². The average Bonchev–Trinajstić information content (AvgIpc) is 2.96. The van der Waals surface area contributed by atoms with Gasteiger partial charge in [-0.15, -0.1) is 11.3 Å². The van der Waals surface area contributed by atoms with Crippen molar-refractivity contribution in [2.24, 2.45) is 0 Å². The van der Waals surface area contributed by atoms with E-state index in [4.69, 9.17) is 21.9 Å². The Hall–Kier alpha value is -1.85. The second-order valence-corrected chi connectivity index (χ2v) is 5.65. The van der Waals surface area contributed by atoms with Crippen molar-refractivity contribution in [2.45, 2.75) is 6.92 Å². The molecule has 0 bridgehead atoms. The highest BCUT2D eigenvalue weighted by molar-refractivity contribution is 7.13. The second kappa shape index (κ2) is 4.92. The van der Waals surface area contributed by atoms with Gasteiger partial charge in [0.05, 0.1) is 15.5 Å². The summed E-state index contributed by atoms with van der Waals surface area (Å²) >= 11 is 7.63. The summed E-state index contributed by atoms with van der Waals surface area (Å²) in [5.41, 5.74) is 8.15. The van der Waals surface area contributed by atoms with Crippen LogP contribution in [-0.4, -0.2) is 5.16 Å². The van der Waals surface area contributed by atoms with E-state index in [-0.39, 0.29) is 10.8 Å². The van der Waals surface area contributed by atoms with Crippen LogP contribution < -0.4 is 5.73 Å². The first-order chi connectivity index (χ1) is 9.58. The zero-order valence-electron chi connectivity index (χ0n) is 10.5. The molecular formula is C14H10ClFN2OS. The quantitative estimate of drug-likeness (QED) is 0.743. The maximum atomic E-state index is 13.2. The van der Waals surface area contributed by atoms with Gasteiger partial charge in [-0.05, 0) is 42.1 Å². The number of hydrogen-bond donors (Lipinski definition) is 1. The summed E-state index contributed by atoms with van der Waals surface area (Å²) < 4.78 is 18.5. The molecule has 3 rings (SSSR count). The number of anilines is 1. The van der Waals surface area contributed by atoms with Gasteiger partial charge in [0.25, 0.3) is 0 Å². The summed E-state index contributed by atoms with van der Waals surface area (Å²) in [6.45, 7) is 1.97. The minimum Gasteiger partial charge on any atom is -0.380 e. The van der Waals surface area contributed by atoms with Crippen LogP contribution in [0.4, 0.5) is 10.2 Å². The molecule has 6 heteroatoms. The lowest BCUT2D eigenvalue weighted by Crippen LogP contribution is -1.90. The highest BCUT2D eigenvalue weighted by Gasteiger charge is 2.21. The first-order valence-electron chi connectivity index (χ1n) is 5.83. The van der Waals surface area contributed by atoms with Gasteiger partial charge in [0.2, 0.25) is 0 Å². The minimum absolute atomic E-state index is 0.237. The van der Waals surface area contributed by atoms with E-state index < -0.39 is 5.82 Å². The zero-order valence-corrected chi connectivity index (χ0v) is 12.1. The highest BCUT2D eigenvalue weighted by Crippen LogP contribution is 2.42. The fourth-order valence-electron chi connectivity index (χ4n) is 2.02. The van der Waals surface area contributed by atoms with Crippen LogP contribution >= 0.6 is 22.9 Å². The van der Waals surface area contributed by atoms with Gasteiger partial charge >= 0.3 is 0 Å². The van der Waals surface area contributed by atoms with Crippen LogP contribution in [0.5, 0.6) is 0 Å². The Kier molecular flexibility index (Phi) is 3.23. The number of halogens is 2. The third-order valence-corrected chi connectivity index (χ3v) is 4.32. The molecule has 0 aliphatic carbocycles. The zero-order chi connectivity index (χ0) is 14.3. The molecule has 0 spiro atoms. The van der Waals surface area contributed by atoms with Crippen LogP contribution in [0.15, 0.2) is 34.2 Å². The van der Waals surface area contributed by atoms with Gasteiger partial charge in [-0.3, -0.25) is 0 Å². The molecule has 20 heavy (non-hydrogen) atoms. The molecule has 0 unspecified atom stereocenters. The standard InChI is InChI=1S/C14H10ClFN2OS/c1-7-4-5-20-13(7)12-11(14(17)18-19-12)9-3-2-8(16)6-10(9)15/h2-6H,1H3,(H2,17,18). The fraction of sp³-hybridized carbons (Fsp3) is 0.0714. The number of aryl methyl sites for hydroxylation is 1. The lowest BCUT2D eigenvalue weighted by Gasteiger charge is -2.05. The van der Waals surface area contributed by atoms with Crippen LogP contribution in [0, 0.1) is 12.7 Å².